The molecule has 1 atom stereocenters. The number of imide groups is 1. The van der Waals surface area contributed by atoms with Crippen molar-refractivity contribution >= 4 is 29.4 Å². The van der Waals surface area contributed by atoms with Gasteiger partial charge in [0.1, 0.15) is 17.8 Å². The van der Waals surface area contributed by atoms with Gasteiger partial charge in [0.05, 0.1) is 13.7 Å². The monoisotopic (exact) mass is 452 g/mol. The molecule has 33 heavy (non-hydrogen) atoms. The number of hydrogen-bond donors (Lipinski definition) is 2. The van der Waals surface area contributed by atoms with Crippen molar-refractivity contribution in [3.63, 3.8) is 0 Å². The number of ether oxygens (including phenoxy) is 1. The normalized spacial score (nSPS) is 17.5. The van der Waals surface area contributed by atoms with Gasteiger partial charge in [-0.1, -0.05) is 49.7 Å². The average Bonchev–Trinajstić information content (AvgIpc) is 3.04. The molecule has 3 rings (SSSR count). The second kappa shape index (κ2) is 10.2. The average molecular weight is 453 g/mol. The molecule has 0 aromatic heterocycles. The largest absolute Gasteiger partial charge is 0.497 e. The highest BCUT2D eigenvalue weighted by Crippen LogP contribution is 2.33. The van der Waals surface area contributed by atoms with Crippen LogP contribution in [0.15, 0.2) is 54.6 Å². The molecule has 0 spiro atoms. The van der Waals surface area contributed by atoms with E-state index in [4.69, 9.17) is 4.74 Å². The summed E-state index contributed by atoms with van der Waals surface area (Å²) in [6.45, 7) is 1.23. The number of rotatable bonds is 9. The summed E-state index contributed by atoms with van der Waals surface area (Å²) in [5.74, 6) is -0.825. The summed E-state index contributed by atoms with van der Waals surface area (Å²) in [4.78, 5) is 53.1. The van der Waals surface area contributed by atoms with Gasteiger partial charge in [-0.25, -0.2) is 4.79 Å². The van der Waals surface area contributed by atoms with Crippen LogP contribution >= 0.6 is 0 Å². The molecular weight excluding hydrogens is 424 g/mol. The lowest BCUT2D eigenvalue weighted by Gasteiger charge is -2.27. The summed E-state index contributed by atoms with van der Waals surface area (Å²) in [5.41, 5.74) is 0.00283. The summed E-state index contributed by atoms with van der Waals surface area (Å²) in [5, 5.41) is 5.48. The first-order valence-corrected chi connectivity index (χ1v) is 10.7. The van der Waals surface area contributed by atoms with E-state index in [0.717, 1.165) is 4.90 Å². The molecule has 1 heterocycles. The van der Waals surface area contributed by atoms with E-state index < -0.39 is 35.8 Å². The van der Waals surface area contributed by atoms with E-state index in [2.05, 4.69) is 10.6 Å². The van der Waals surface area contributed by atoms with Gasteiger partial charge in [-0.2, -0.15) is 0 Å². The summed E-state index contributed by atoms with van der Waals surface area (Å²) in [7, 11) is 2.97. The van der Waals surface area contributed by atoms with E-state index in [1.54, 1.807) is 48.5 Å². The number of methoxy groups -OCH3 is 1. The topological polar surface area (TPSA) is 108 Å². The van der Waals surface area contributed by atoms with Gasteiger partial charge in [0, 0.05) is 18.8 Å². The van der Waals surface area contributed by atoms with Crippen molar-refractivity contribution in [3.8, 4) is 5.75 Å². The maximum atomic E-state index is 13.3. The summed E-state index contributed by atoms with van der Waals surface area (Å²) < 4.78 is 5.13. The summed E-state index contributed by atoms with van der Waals surface area (Å²) >= 11 is 0. The molecule has 9 nitrogen and oxygen atoms in total. The molecule has 1 saturated heterocycles. The van der Waals surface area contributed by atoms with Crippen LogP contribution in [0.4, 0.5) is 10.5 Å². The first-order valence-electron chi connectivity index (χ1n) is 10.7. The van der Waals surface area contributed by atoms with Gasteiger partial charge >= 0.3 is 6.03 Å². The van der Waals surface area contributed by atoms with Gasteiger partial charge in [-0.3, -0.25) is 19.3 Å². The van der Waals surface area contributed by atoms with Gasteiger partial charge in [0.15, 0.2) is 0 Å². The molecule has 2 N–H and O–H groups in total. The Bertz CT molecular complexity index is 1040. The predicted octanol–water partition coefficient (Wildman–Crippen LogP) is 2.34. The molecule has 5 amide bonds. The number of carbonyl (C=O) groups excluding carboxylic acids is 4. The lowest BCUT2D eigenvalue weighted by Crippen LogP contribution is -2.46. The number of hydrogen-bond acceptors (Lipinski definition) is 5. The van der Waals surface area contributed by atoms with E-state index in [0.29, 0.717) is 29.8 Å². The first kappa shape index (κ1) is 23.8. The molecule has 2 aromatic rings. The van der Waals surface area contributed by atoms with Crippen LogP contribution in [-0.4, -0.2) is 60.8 Å². The van der Waals surface area contributed by atoms with Gasteiger partial charge in [-0.15, -0.1) is 0 Å². The van der Waals surface area contributed by atoms with Gasteiger partial charge < -0.3 is 20.3 Å². The van der Waals surface area contributed by atoms with Crippen LogP contribution in [0.2, 0.25) is 0 Å². The second-order valence-electron chi connectivity index (χ2n) is 7.87. The summed E-state index contributed by atoms with van der Waals surface area (Å²) in [6, 6.07) is 15.2. The quantitative estimate of drug-likeness (QED) is 0.568. The van der Waals surface area contributed by atoms with E-state index in [1.807, 2.05) is 13.0 Å². The lowest BCUT2D eigenvalue weighted by molar-refractivity contribution is -0.139. The number of urea groups is 1. The van der Waals surface area contributed by atoms with Crippen molar-refractivity contribution in [2.75, 3.05) is 32.6 Å². The van der Waals surface area contributed by atoms with Crippen LogP contribution in [0, 0.1) is 0 Å². The molecule has 0 aliphatic carbocycles. The number of nitrogens with one attached hydrogen (secondary N) is 2. The number of anilines is 1. The highest BCUT2D eigenvalue weighted by molar-refractivity contribution is 6.09. The minimum atomic E-state index is -1.20. The van der Waals surface area contributed by atoms with Crippen molar-refractivity contribution in [1.82, 2.24) is 15.1 Å². The Labute approximate surface area is 192 Å². The van der Waals surface area contributed by atoms with Crippen LogP contribution in [-0.2, 0) is 19.9 Å². The maximum Gasteiger partial charge on any atom is 0.325 e. The number of amides is 5. The molecule has 0 saturated carbocycles. The Morgan fingerprint density at radius 1 is 1.12 bits per heavy atom. The van der Waals surface area contributed by atoms with E-state index in [1.165, 1.54) is 19.1 Å². The zero-order valence-corrected chi connectivity index (χ0v) is 19.0. The predicted molar refractivity (Wildman–Crippen MR) is 123 cm³/mol. The SMILES string of the molecule is CCC[C@]1(c2ccccc2)NC(=O)N(CC(=O)N(C)CC(=O)Nc2cccc(OC)c2)C1=O. The van der Waals surface area contributed by atoms with Crippen molar-refractivity contribution in [2.24, 2.45) is 0 Å². The van der Waals surface area contributed by atoms with Crippen LogP contribution in [0.5, 0.6) is 5.75 Å². The van der Waals surface area contributed by atoms with Gasteiger partial charge in [0.2, 0.25) is 11.8 Å². The molecule has 0 bridgehead atoms. The Hall–Kier alpha value is -3.88. The molecule has 1 aliphatic rings. The van der Waals surface area contributed by atoms with Crippen LogP contribution in [0.1, 0.15) is 25.3 Å². The van der Waals surface area contributed by atoms with E-state index >= 15 is 0 Å². The lowest BCUT2D eigenvalue weighted by atomic mass is 9.85. The molecule has 9 heteroatoms. The van der Waals surface area contributed by atoms with E-state index in [-0.39, 0.29) is 6.54 Å². The third-order valence-electron chi connectivity index (χ3n) is 5.52. The molecule has 2 aromatic carbocycles. The highest BCUT2D eigenvalue weighted by Gasteiger charge is 2.52. The number of benzene rings is 2. The fourth-order valence-electron chi connectivity index (χ4n) is 3.84. The molecule has 174 valence electrons. The van der Waals surface area contributed by atoms with E-state index in [9.17, 15) is 19.2 Å². The molecule has 1 fully saturated rings. The standard InChI is InChI=1S/C24H28N4O5/c1-4-13-24(17-9-6-5-7-10-17)22(31)28(23(32)26-24)16-21(30)27(2)15-20(29)25-18-11-8-12-19(14-18)33-3/h5-12,14H,4,13,15-16H2,1-3H3,(H,25,29)(H,26,32)/t24-/m1/s1. The second-order valence-corrected chi connectivity index (χ2v) is 7.87. The number of nitrogens with zero attached hydrogens (tertiary/aromatic N) is 2. The fourth-order valence-corrected chi connectivity index (χ4v) is 3.84. The maximum absolute atomic E-state index is 13.3. The van der Waals surface area contributed by atoms with Gasteiger partial charge in [-0.05, 0) is 24.1 Å². The van der Waals surface area contributed by atoms with Crippen LogP contribution in [0.25, 0.3) is 0 Å². The van der Waals surface area contributed by atoms with Crippen molar-refractivity contribution < 1.29 is 23.9 Å². The van der Waals surface area contributed by atoms with Crippen LogP contribution < -0.4 is 15.4 Å². The minimum absolute atomic E-state index is 0.238. The molecule has 0 unspecified atom stereocenters. The highest BCUT2D eigenvalue weighted by atomic mass is 16.5. The Balaban J connectivity index is 1.65. The van der Waals surface area contributed by atoms with Crippen molar-refractivity contribution in [2.45, 2.75) is 25.3 Å². The Kier molecular flexibility index (Phi) is 7.32. The Morgan fingerprint density at radius 2 is 1.85 bits per heavy atom. The molecular formula is C24H28N4O5. The number of carbonyl (C=O) groups is 4. The van der Waals surface area contributed by atoms with Crippen molar-refractivity contribution in [3.05, 3.63) is 60.2 Å². The first-order chi connectivity index (χ1) is 15.8. The zero-order chi connectivity index (χ0) is 24.0. The minimum Gasteiger partial charge on any atom is -0.497 e. The third kappa shape index (κ3) is 5.14. The van der Waals surface area contributed by atoms with Crippen molar-refractivity contribution in [1.29, 1.82) is 0 Å². The number of likely N-dealkylation sites (N-methyl/N-ethyl adjacent to an activating group) is 1. The summed E-state index contributed by atoms with van der Waals surface area (Å²) in [6.07, 6.45) is 1.07. The molecule has 0 radical (unpaired) electrons. The van der Waals surface area contributed by atoms with Gasteiger partial charge in [0.25, 0.3) is 5.91 Å². The smallest absolute Gasteiger partial charge is 0.325 e. The third-order valence-corrected chi connectivity index (χ3v) is 5.52. The van der Waals surface area contributed by atoms with Crippen LogP contribution in [0.3, 0.4) is 0 Å². The zero-order valence-electron chi connectivity index (χ0n) is 19.0. The fraction of sp³-hybridized carbons (Fsp3) is 0.333. The Morgan fingerprint density at radius 3 is 2.52 bits per heavy atom. The molecule has 1 aliphatic heterocycles.